The van der Waals surface area contributed by atoms with Crippen LogP contribution in [0.2, 0.25) is 0 Å². The van der Waals surface area contributed by atoms with E-state index in [1.807, 2.05) is 53.3 Å². The first-order valence-electron chi connectivity index (χ1n) is 11.4. The molecule has 178 valence electrons. The SMILES string of the molecule is CSCCC(NC(=O)CCCCCn1c(=S)[nH]c2ccccc2c1=O)c1nnc2ccccn12. The summed E-state index contributed by atoms with van der Waals surface area (Å²) in [4.78, 5) is 28.5. The van der Waals surface area contributed by atoms with Crippen molar-refractivity contribution in [3.63, 3.8) is 0 Å². The number of aromatic amines is 1. The van der Waals surface area contributed by atoms with Crippen LogP contribution in [-0.2, 0) is 11.3 Å². The van der Waals surface area contributed by atoms with Gasteiger partial charge in [0.15, 0.2) is 16.2 Å². The third-order valence-corrected chi connectivity index (χ3v) is 6.74. The van der Waals surface area contributed by atoms with Gasteiger partial charge in [-0.15, -0.1) is 10.2 Å². The van der Waals surface area contributed by atoms with Crippen LogP contribution in [0.5, 0.6) is 0 Å². The maximum atomic E-state index is 12.7. The summed E-state index contributed by atoms with van der Waals surface area (Å²) in [6, 6.07) is 12.9. The fourth-order valence-electron chi connectivity index (χ4n) is 4.00. The van der Waals surface area contributed by atoms with Crippen LogP contribution >= 0.6 is 24.0 Å². The molecule has 0 radical (unpaired) electrons. The summed E-state index contributed by atoms with van der Waals surface area (Å²) >= 11 is 7.11. The second-order valence-electron chi connectivity index (χ2n) is 8.13. The molecule has 0 bridgehead atoms. The number of carbonyl (C=O) groups is 1. The molecule has 1 amide bonds. The molecule has 3 aromatic heterocycles. The Hall–Kier alpha value is -2.98. The van der Waals surface area contributed by atoms with Gasteiger partial charge >= 0.3 is 0 Å². The molecule has 0 saturated heterocycles. The van der Waals surface area contributed by atoms with E-state index in [2.05, 4.69) is 20.5 Å². The van der Waals surface area contributed by atoms with E-state index >= 15 is 0 Å². The average Bonchev–Trinajstić information content (AvgIpc) is 3.27. The van der Waals surface area contributed by atoms with E-state index < -0.39 is 0 Å². The summed E-state index contributed by atoms with van der Waals surface area (Å²) in [5.41, 5.74) is 1.44. The number of hydrogen-bond acceptors (Lipinski definition) is 6. The number of hydrogen-bond donors (Lipinski definition) is 2. The second kappa shape index (κ2) is 11.4. The molecule has 0 spiro atoms. The van der Waals surface area contributed by atoms with Crippen molar-refractivity contribution in [3.8, 4) is 0 Å². The van der Waals surface area contributed by atoms with Crippen molar-refractivity contribution in [1.29, 1.82) is 0 Å². The predicted molar refractivity (Wildman–Crippen MR) is 139 cm³/mol. The van der Waals surface area contributed by atoms with Gasteiger partial charge in [0.1, 0.15) is 0 Å². The van der Waals surface area contributed by atoms with Gasteiger partial charge in [0.05, 0.1) is 16.9 Å². The molecule has 0 fully saturated rings. The largest absolute Gasteiger partial charge is 0.346 e. The standard InChI is InChI=1S/C24H28N6O2S2/c1-34-16-13-19(22-28-27-20-11-6-8-14-29(20)22)25-21(31)12-3-2-7-15-30-23(32)17-9-4-5-10-18(17)26-24(30)33/h4-6,8-11,14,19H,2-3,7,12-13,15-16H2,1H3,(H,25,31)(H,26,33). The van der Waals surface area contributed by atoms with E-state index in [1.54, 1.807) is 22.4 Å². The molecule has 0 aliphatic heterocycles. The summed E-state index contributed by atoms with van der Waals surface area (Å²) in [5.74, 6) is 1.66. The number of thioether (sulfide) groups is 1. The van der Waals surface area contributed by atoms with Crippen LogP contribution in [0.4, 0.5) is 0 Å². The van der Waals surface area contributed by atoms with Gasteiger partial charge in [-0.25, -0.2) is 0 Å². The van der Waals surface area contributed by atoms with Gasteiger partial charge in [0.2, 0.25) is 5.91 Å². The lowest BCUT2D eigenvalue weighted by Gasteiger charge is -2.17. The number of carbonyl (C=O) groups excluding carboxylic acids is 1. The Labute approximate surface area is 206 Å². The summed E-state index contributed by atoms with van der Waals surface area (Å²) in [7, 11) is 0. The van der Waals surface area contributed by atoms with Crippen LogP contribution in [0.15, 0.2) is 53.5 Å². The van der Waals surface area contributed by atoms with Crippen LogP contribution < -0.4 is 10.9 Å². The minimum Gasteiger partial charge on any atom is -0.346 e. The van der Waals surface area contributed by atoms with E-state index in [4.69, 9.17) is 12.2 Å². The van der Waals surface area contributed by atoms with Crippen LogP contribution in [0.1, 0.15) is 44.0 Å². The van der Waals surface area contributed by atoms with Gasteiger partial charge in [-0.2, -0.15) is 11.8 Å². The monoisotopic (exact) mass is 496 g/mol. The highest BCUT2D eigenvalue weighted by atomic mass is 32.2. The highest BCUT2D eigenvalue weighted by Gasteiger charge is 2.20. The van der Waals surface area contributed by atoms with Gasteiger partial charge in [-0.05, 0) is 67.8 Å². The molecule has 3 heterocycles. The average molecular weight is 497 g/mol. The van der Waals surface area contributed by atoms with Crippen LogP contribution in [-0.4, -0.2) is 42.1 Å². The molecule has 4 aromatic rings. The molecule has 1 unspecified atom stereocenters. The minimum atomic E-state index is -0.188. The Morgan fingerprint density at radius 2 is 1.97 bits per heavy atom. The van der Waals surface area contributed by atoms with E-state index in [9.17, 15) is 9.59 Å². The molecule has 0 saturated carbocycles. The number of aromatic nitrogens is 5. The van der Waals surface area contributed by atoms with Crippen molar-refractivity contribution in [2.45, 2.75) is 44.7 Å². The number of para-hydroxylation sites is 1. The fraction of sp³-hybridized carbons (Fsp3) is 0.375. The van der Waals surface area contributed by atoms with Crippen molar-refractivity contribution < 1.29 is 4.79 Å². The molecular weight excluding hydrogens is 468 g/mol. The third kappa shape index (κ3) is 5.56. The highest BCUT2D eigenvalue weighted by Crippen LogP contribution is 2.19. The lowest BCUT2D eigenvalue weighted by molar-refractivity contribution is -0.122. The van der Waals surface area contributed by atoms with E-state index in [1.165, 1.54) is 0 Å². The maximum Gasteiger partial charge on any atom is 0.262 e. The first-order valence-corrected chi connectivity index (χ1v) is 13.2. The molecule has 1 aromatic carbocycles. The van der Waals surface area contributed by atoms with Crippen molar-refractivity contribution in [3.05, 3.63) is 69.6 Å². The zero-order valence-electron chi connectivity index (χ0n) is 19.1. The van der Waals surface area contributed by atoms with Crippen LogP contribution in [0, 0.1) is 4.77 Å². The molecule has 0 aliphatic carbocycles. The Bertz CT molecular complexity index is 1390. The number of amides is 1. The first kappa shape index (κ1) is 24.2. The highest BCUT2D eigenvalue weighted by molar-refractivity contribution is 7.98. The minimum absolute atomic E-state index is 0.000974. The lowest BCUT2D eigenvalue weighted by Crippen LogP contribution is -2.30. The van der Waals surface area contributed by atoms with Crippen molar-refractivity contribution in [1.82, 2.24) is 29.5 Å². The number of nitrogens with zero attached hydrogens (tertiary/aromatic N) is 4. The third-order valence-electron chi connectivity index (χ3n) is 5.77. The normalized spacial score (nSPS) is 12.3. The maximum absolute atomic E-state index is 12.7. The Morgan fingerprint density at radius 3 is 2.82 bits per heavy atom. The number of unbranched alkanes of at least 4 members (excludes halogenated alkanes) is 2. The zero-order chi connectivity index (χ0) is 23.9. The molecule has 2 N–H and O–H groups in total. The number of pyridine rings is 1. The first-order chi connectivity index (χ1) is 16.6. The molecule has 8 nitrogen and oxygen atoms in total. The van der Waals surface area contributed by atoms with Gasteiger partial charge in [0, 0.05) is 19.2 Å². The molecule has 10 heteroatoms. The van der Waals surface area contributed by atoms with E-state index in [0.717, 1.165) is 48.4 Å². The lowest BCUT2D eigenvalue weighted by atomic mass is 10.1. The van der Waals surface area contributed by atoms with Crippen LogP contribution in [0.25, 0.3) is 16.6 Å². The smallest absolute Gasteiger partial charge is 0.262 e. The van der Waals surface area contributed by atoms with E-state index in [0.29, 0.717) is 23.1 Å². The molecular formula is C24H28N6O2S2. The van der Waals surface area contributed by atoms with Gasteiger partial charge in [-0.3, -0.25) is 18.6 Å². The van der Waals surface area contributed by atoms with Crippen molar-refractivity contribution >= 4 is 46.4 Å². The fourth-order valence-corrected chi connectivity index (χ4v) is 4.76. The van der Waals surface area contributed by atoms with Gasteiger partial charge in [0.25, 0.3) is 5.56 Å². The molecule has 1 atom stereocenters. The Kier molecular flexibility index (Phi) is 8.12. The predicted octanol–water partition coefficient (Wildman–Crippen LogP) is 4.27. The zero-order valence-corrected chi connectivity index (χ0v) is 20.7. The summed E-state index contributed by atoms with van der Waals surface area (Å²) in [6.07, 6.45) is 7.51. The van der Waals surface area contributed by atoms with Gasteiger partial charge in [-0.1, -0.05) is 24.6 Å². The summed E-state index contributed by atoms with van der Waals surface area (Å²) in [5, 5.41) is 12.3. The Morgan fingerprint density at radius 1 is 1.15 bits per heavy atom. The number of benzene rings is 1. The Balaban J connectivity index is 1.31. The molecule has 4 rings (SSSR count). The summed E-state index contributed by atoms with van der Waals surface area (Å²) in [6.45, 7) is 0.530. The van der Waals surface area contributed by atoms with Gasteiger partial charge < -0.3 is 10.3 Å². The number of fused-ring (bicyclic) bond motifs is 2. The quantitative estimate of drug-likeness (QED) is 0.238. The van der Waals surface area contributed by atoms with Crippen molar-refractivity contribution in [2.24, 2.45) is 0 Å². The molecule has 34 heavy (non-hydrogen) atoms. The number of rotatable bonds is 11. The number of H-pyrrole nitrogens is 1. The molecule has 0 aliphatic rings. The van der Waals surface area contributed by atoms with Crippen molar-refractivity contribution in [2.75, 3.05) is 12.0 Å². The number of nitrogens with one attached hydrogen (secondary N) is 2. The second-order valence-corrected chi connectivity index (χ2v) is 9.50. The van der Waals surface area contributed by atoms with E-state index in [-0.39, 0.29) is 17.5 Å². The summed E-state index contributed by atoms with van der Waals surface area (Å²) < 4.78 is 3.96. The topological polar surface area (TPSA) is 97.1 Å². The van der Waals surface area contributed by atoms with Crippen LogP contribution in [0.3, 0.4) is 0 Å².